The molecule has 1 aromatic rings. The number of aromatic nitrogens is 1. The molecular formula is C49H91N3O6. The molecule has 1 aromatic heterocycles. The monoisotopic (exact) mass is 818 g/mol. The summed E-state index contributed by atoms with van der Waals surface area (Å²) in [6.07, 6.45) is 4.28. The van der Waals surface area contributed by atoms with Crippen LogP contribution in [0.3, 0.4) is 0 Å². The lowest BCUT2D eigenvalue weighted by molar-refractivity contribution is -0.159. The summed E-state index contributed by atoms with van der Waals surface area (Å²) in [6.45, 7) is 49.4. The minimum Gasteiger partial charge on any atom is -0.375 e. The molecule has 9 nitrogen and oxygen atoms in total. The van der Waals surface area contributed by atoms with Gasteiger partial charge in [-0.2, -0.15) is 0 Å². The number of carbonyl (C=O) groups excluding carboxylic acids is 2. The van der Waals surface area contributed by atoms with E-state index in [1.54, 1.807) is 0 Å². The first-order valence-electron chi connectivity index (χ1n) is 22.2. The van der Waals surface area contributed by atoms with Crippen molar-refractivity contribution in [2.45, 2.75) is 211 Å². The lowest BCUT2D eigenvalue weighted by Crippen LogP contribution is -2.56. The molecule has 0 bridgehead atoms. The molecule has 0 aromatic carbocycles. The molecule has 0 aliphatic heterocycles. The van der Waals surface area contributed by atoms with Gasteiger partial charge in [-0.25, -0.2) is 0 Å². The van der Waals surface area contributed by atoms with Gasteiger partial charge in [-0.3, -0.25) is 14.6 Å². The molecule has 0 saturated heterocycles. The predicted octanol–water partition coefficient (Wildman–Crippen LogP) is 10.9. The zero-order chi connectivity index (χ0) is 45.3. The van der Waals surface area contributed by atoms with Crippen LogP contribution in [0, 0.1) is 34.0 Å². The second-order valence-electron chi connectivity index (χ2n) is 22.4. The van der Waals surface area contributed by atoms with Gasteiger partial charge in [0.2, 0.25) is 0 Å². The van der Waals surface area contributed by atoms with Crippen LogP contribution in [0.15, 0.2) is 24.4 Å². The quantitative estimate of drug-likeness (QED) is 0.0946. The maximum Gasteiger partial charge on any atom is 0.309 e. The standard InChI is InChI=1S/C49H91N3O6/c1-23-44(11,12)56-32-36(4)47(17,18)52-41(54)40(53)51-38(6)42(7,8)33-45(13,14)57-31-35(3)46(15,16)49(21,22)55-29-27-43(9,10)48(19,20)58-30-34(2)37(5)39-26-24-25-28-50-39/h24-26,28,34-38H,23,27,29-33H2,1-22H3,(H,51,53)(H,52,54). The maximum atomic E-state index is 13.1. The third-order valence-electron chi connectivity index (χ3n) is 14.9. The van der Waals surface area contributed by atoms with Gasteiger partial charge >= 0.3 is 11.8 Å². The molecule has 1 rings (SSSR count). The fourth-order valence-electron chi connectivity index (χ4n) is 6.71. The van der Waals surface area contributed by atoms with Crippen molar-refractivity contribution >= 4 is 11.8 Å². The molecule has 5 atom stereocenters. The van der Waals surface area contributed by atoms with Gasteiger partial charge in [0.05, 0.1) is 42.2 Å². The Morgan fingerprint density at radius 2 is 1.22 bits per heavy atom. The number of nitrogens with zero attached hydrogens (tertiary/aromatic N) is 1. The summed E-state index contributed by atoms with van der Waals surface area (Å²) in [4.78, 5) is 30.8. The van der Waals surface area contributed by atoms with Crippen molar-refractivity contribution in [2.24, 2.45) is 34.0 Å². The van der Waals surface area contributed by atoms with E-state index in [-0.39, 0.29) is 45.3 Å². The molecule has 9 heteroatoms. The van der Waals surface area contributed by atoms with Gasteiger partial charge in [-0.1, -0.05) is 82.2 Å². The van der Waals surface area contributed by atoms with Crippen LogP contribution in [0.1, 0.15) is 183 Å². The smallest absolute Gasteiger partial charge is 0.309 e. The lowest BCUT2D eigenvalue weighted by atomic mass is 9.68. The molecule has 0 spiro atoms. The Balaban J connectivity index is 2.76. The predicted molar refractivity (Wildman–Crippen MR) is 241 cm³/mol. The molecule has 0 radical (unpaired) electrons. The van der Waals surface area contributed by atoms with E-state index >= 15 is 0 Å². The molecule has 1 heterocycles. The summed E-state index contributed by atoms with van der Waals surface area (Å²) in [6, 6.07) is 5.82. The van der Waals surface area contributed by atoms with Crippen molar-refractivity contribution in [1.29, 1.82) is 0 Å². The summed E-state index contributed by atoms with van der Waals surface area (Å²) in [5.74, 6) is -0.439. The molecule has 58 heavy (non-hydrogen) atoms. The van der Waals surface area contributed by atoms with Crippen molar-refractivity contribution in [3.8, 4) is 0 Å². The minimum absolute atomic E-state index is 0.00312. The molecule has 338 valence electrons. The minimum atomic E-state index is -0.636. The van der Waals surface area contributed by atoms with Crippen LogP contribution < -0.4 is 10.6 Å². The number of hydrogen-bond donors (Lipinski definition) is 2. The third kappa shape index (κ3) is 15.8. The Bertz CT molecular complexity index is 1410. The summed E-state index contributed by atoms with van der Waals surface area (Å²) in [5, 5.41) is 5.92. The highest BCUT2D eigenvalue weighted by Crippen LogP contribution is 2.44. The number of carbonyl (C=O) groups is 2. The fourth-order valence-corrected chi connectivity index (χ4v) is 6.71. The first kappa shape index (κ1) is 53.9. The van der Waals surface area contributed by atoms with Crippen molar-refractivity contribution < 1.29 is 28.5 Å². The summed E-state index contributed by atoms with van der Waals surface area (Å²) in [5.41, 5.74) is -1.70. The first-order chi connectivity index (χ1) is 26.1. The van der Waals surface area contributed by atoms with Crippen LogP contribution in [-0.2, 0) is 28.5 Å². The third-order valence-corrected chi connectivity index (χ3v) is 14.9. The van der Waals surface area contributed by atoms with Gasteiger partial charge in [-0.15, -0.1) is 0 Å². The number of amides is 2. The van der Waals surface area contributed by atoms with Gasteiger partial charge < -0.3 is 29.6 Å². The summed E-state index contributed by atoms with van der Waals surface area (Å²) >= 11 is 0. The Kier molecular flexibility index (Phi) is 19.2. The van der Waals surface area contributed by atoms with Gasteiger partial charge in [0.1, 0.15) is 0 Å². The van der Waals surface area contributed by atoms with Crippen molar-refractivity contribution in [2.75, 3.05) is 26.4 Å². The molecular weight excluding hydrogens is 727 g/mol. The van der Waals surface area contributed by atoms with Crippen LogP contribution in [-0.4, -0.2) is 77.2 Å². The number of rotatable bonds is 25. The summed E-state index contributed by atoms with van der Waals surface area (Å²) in [7, 11) is 0. The van der Waals surface area contributed by atoms with E-state index in [1.807, 2.05) is 46.0 Å². The molecule has 2 amide bonds. The largest absolute Gasteiger partial charge is 0.375 e. The zero-order valence-corrected chi connectivity index (χ0v) is 41.5. The molecule has 0 fully saturated rings. The lowest BCUT2D eigenvalue weighted by Gasteiger charge is -2.48. The zero-order valence-electron chi connectivity index (χ0n) is 41.5. The SMILES string of the molecule is CCC(C)(C)OCC(C)C(C)(C)NC(=O)C(=O)NC(C)C(C)(C)CC(C)(C)OCC(C)C(C)(C)C(C)(C)OCCC(C)(C)C(C)(C)OCC(C)C(C)c1ccccn1. The van der Waals surface area contributed by atoms with Crippen LogP contribution in [0.25, 0.3) is 0 Å². The molecule has 2 N–H and O–H groups in total. The van der Waals surface area contributed by atoms with E-state index in [0.717, 1.165) is 18.5 Å². The van der Waals surface area contributed by atoms with Gasteiger partial charge in [0, 0.05) is 41.9 Å². The maximum absolute atomic E-state index is 13.1. The van der Waals surface area contributed by atoms with Crippen LogP contribution in [0.4, 0.5) is 0 Å². The Morgan fingerprint density at radius 1 is 0.672 bits per heavy atom. The highest BCUT2D eigenvalue weighted by atomic mass is 16.5. The van der Waals surface area contributed by atoms with E-state index in [4.69, 9.17) is 18.9 Å². The van der Waals surface area contributed by atoms with Crippen LogP contribution >= 0.6 is 0 Å². The first-order valence-corrected chi connectivity index (χ1v) is 22.2. The number of nitrogens with one attached hydrogen (secondary N) is 2. The summed E-state index contributed by atoms with van der Waals surface area (Å²) < 4.78 is 26.1. The van der Waals surface area contributed by atoms with E-state index in [2.05, 4.69) is 146 Å². The van der Waals surface area contributed by atoms with Crippen molar-refractivity contribution in [3.05, 3.63) is 30.1 Å². The van der Waals surface area contributed by atoms with Gasteiger partial charge in [-0.05, 0) is 136 Å². The van der Waals surface area contributed by atoms with Gasteiger partial charge in [0.15, 0.2) is 0 Å². The highest BCUT2D eigenvalue weighted by Gasteiger charge is 2.45. The Labute approximate surface area is 357 Å². The van der Waals surface area contributed by atoms with E-state index < -0.39 is 28.6 Å². The van der Waals surface area contributed by atoms with Crippen molar-refractivity contribution in [1.82, 2.24) is 15.6 Å². The van der Waals surface area contributed by atoms with Gasteiger partial charge in [0.25, 0.3) is 0 Å². The van der Waals surface area contributed by atoms with Crippen molar-refractivity contribution in [3.63, 3.8) is 0 Å². The van der Waals surface area contributed by atoms with Crippen LogP contribution in [0.5, 0.6) is 0 Å². The van der Waals surface area contributed by atoms with E-state index in [9.17, 15) is 9.59 Å². The number of hydrogen-bond acceptors (Lipinski definition) is 7. The molecule has 0 aliphatic rings. The fraction of sp³-hybridized carbons (Fsp3) is 0.857. The van der Waals surface area contributed by atoms with E-state index in [1.165, 1.54) is 0 Å². The second-order valence-corrected chi connectivity index (χ2v) is 22.4. The number of ether oxygens (including phenoxy) is 4. The van der Waals surface area contributed by atoms with E-state index in [0.29, 0.717) is 44.7 Å². The highest BCUT2D eigenvalue weighted by molar-refractivity contribution is 6.35. The topological polar surface area (TPSA) is 108 Å². The average molecular weight is 818 g/mol. The van der Waals surface area contributed by atoms with Crippen LogP contribution in [0.2, 0.25) is 0 Å². The second kappa shape index (κ2) is 20.7. The Hall–Kier alpha value is -2.07. The Morgan fingerprint density at radius 3 is 1.76 bits per heavy atom. The average Bonchev–Trinajstić information content (AvgIpc) is 3.10. The molecule has 5 unspecified atom stereocenters. The normalized spacial score (nSPS) is 16.7. The molecule has 0 saturated carbocycles. The molecule has 0 aliphatic carbocycles. The number of pyridine rings is 1.